The van der Waals surface area contributed by atoms with Crippen LogP contribution < -0.4 is 10.8 Å². The van der Waals surface area contributed by atoms with Gasteiger partial charge in [0.05, 0.1) is 11.2 Å². The minimum absolute atomic E-state index is 0.306. The zero-order valence-corrected chi connectivity index (χ0v) is 17.5. The highest BCUT2D eigenvalue weighted by atomic mass is 32.3. The monoisotopic (exact) mass is 398 g/mol. The quantitative estimate of drug-likeness (QED) is 0.610. The molecule has 0 atom stereocenters. The first-order valence-corrected chi connectivity index (χ1v) is 10.7. The summed E-state index contributed by atoms with van der Waals surface area (Å²) < 4.78 is 49.6. The second-order valence-electron chi connectivity index (χ2n) is 8.36. The largest absolute Gasteiger partial charge is 0.495 e. The summed E-state index contributed by atoms with van der Waals surface area (Å²) in [6, 6.07) is 3.32. The van der Waals surface area contributed by atoms with Gasteiger partial charge >= 0.3 is 17.3 Å². The van der Waals surface area contributed by atoms with E-state index in [1.165, 1.54) is 6.07 Å². The molecule has 6 nitrogen and oxygen atoms in total. The predicted molar refractivity (Wildman–Crippen MR) is 103 cm³/mol. The molecule has 1 aromatic carbocycles. The summed E-state index contributed by atoms with van der Waals surface area (Å²) in [5, 5.41) is 3.28. The van der Waals surface area contributed by atoms with Crippen molar-refractivity contribution in [3.05, 3.63) is 23.3 Å². The Balaban J connectivity index is 2.01. The molecule has 2 saturated heterocycles. The topological polar surface area (TPSA) is 67.9 Å². The maximum Gasteiger partial charge on any atom is 0.495 e. The van der Waals surface area contributed by atoms with Gasteiger partial charge in [0.25, 0.3) is 0 Å². The van der Waals surface area contributed by atoms with Gasteiger partial charge in [0, 0.05) is 32.7 Å². The number of piperazine rings is 1. The van der Waals surface area contributed by atoms with E-state index >= 15 is 0 Å². The third-order valence-corrected chi connectivity index (χ3v) is 6.80. The summed E-state index contributed by atoms with van der Waals surface area (Å²) in [4.78, 5) is 1.91. The molecule has 27 heavy (non-hydrogen) atoms. The van der Waals surface area contributed by atoms with Gasteiger partial charge in [0.1, 0.15) is 4.90 Å². The summed E-state index contributed by atoms with van der Waals surface area (Å²) in [5.41, 5.74) is 0.516. The third-order valence-electron chi connectivity index (χ3n) is 5.85. The Morgan fingerprint density at radius 2 is 1.70 bits per heavy atom. The molecule has 2 fully saturated rings. The Bertz CT molecular complexity index is 807. The van der Waals surface area contributed by atoms with E-state index in [1.54, 1.807) is 6.92 Å². The average Bonchev–Trinajstić information content (AvgIpc) is 2.76. The van der Waals surface area contributed by atoms with E-state index in [0.717, 1.165) is 31.7 Å². The lowest BCUT2D eigenvalue weighted by Gasteiger charge is -2.32. The van der Waals surface area contributed by atoms with Crippen LogP contribution in [0.25, 0.3) is 0 Å². The molecule has 0 amide bonds. The fourth-order valence-corrected chi connectivity index (χ4v) is 4.23. The molecule has 1 aromatic rings. The van der Waals surface area contributed by atoms with Crippen molar-refractivity contribution in [1.29, 1.82) is 0 Å². The molecule has 0 radical (unpaired) electrons. The van der Waals surface area contributed by atoms with Crippen LogP contribution in [0.15, 0.2) is 17.0 Å². The van der Waals surface area contributed by atoms with Gasteiger partial charge in [0.15, 0.2) is 0 Å². The molecule has 1 N–H and O–H groups in total. The maximum absolute atomic E-state index is 14.0. The molecule has 2 heterocycles. The molecular formula is C18H28BFN2O4S. The zero-order chi connectivity index (χ0) is 20.0. The van der Waals surface area contributed by atoms with Gasteiger partial charge in [-0.15, -0.1) is 3.89 Å². The second kappa shape index (κ2) is 7.11. The summed E-state index contributed by atoms with van der Waals surface area (Å²) in [6.45, 7) is 13.3. The van der Waals surface area contributed by atoms with Crippen LogP contribution in [0, 0.1) is 6.92 Å². The lowest BCUT2D eigenvalue weighted by atomic mass is 9.75. The van der Waals surface area contributed by atoms with Crippen LogP contribution in [0.5, 0.6) is 0 Å². The first-order valence-electron chi connectivity index (χ1n) is 9.27. The van der Waals surface area contributed by atoms with Gasteiger partial charge < -0.3 is 14.6 Å². The number of halogens is 1. The molecule has 0 saturated carbocycles. The summed E-state index contributed by atoms with van der Waals surface area (Å²) in [7, 11) is -5.59. The zero-order valence-electron chi connectivity index (χ0n) is 16.6. The van der Waals surface area contributed by atoms with Gasteiger partial charge in [-0.2, -0.15) is 8.42 Å². The molecular weight excluding hydrogens is 370 g/mol. The lowest BCUT2D eigenvalue weighted by Crippen LogP contribution is -2.43. The van der Waals surface area contributed by atoms with Gasteiger partial charge in [-0.3, -0.25) is 4.90 Å². The molecule has 0 aromatic heterocycles. The van der Waals surface area contributed by atoms with Crippen molar-refractivity contribution in [2.75, 3.05) is 26.2 Å². The van der Waals surface area contributed by atoms with Crippen molar-refractivity contribution in [3.8, 4) is 0 Å². The minimum Gasteiger partial charge on any atom is -0.399 e. The first kappa shape index (κ1) is 20.7. The Morgan fingerprint density at radius 3 is 2.22 bits per heavy atom. The molecule has 0 bridgehead atoms. The van der Waals surface area contributed by atoms with Gasteiger partial charge in [-0.1, -0.05) is 6.07 Å². The van der Waals surface area contributed by atoms with Crippen LogP contribution in [-0.4, -0.2) is 57.8 Å². The highest BCUT2D eigenvalue weighted by molar-refractivity contribution is 7.86. The van der Waals surface area contributed by atoms with Crippen LogP contribution >= 0.6 is 0 Å². The molecule has 0 spiro atoms. The fraction of sp³-hybridized carbons (Fsp3) is 0.667. The highest BCUT2D eigenvalue weighted by Crippen LogP contribution is 2.37. The molecule has 3 rings (SSSR count). The predicted octanol–water partition coefficient (Wildman–Crippen LogP) is 1.36. The lowest BCUT2D eigenvalue weighted by molar-refractivity contribution is 0.00578. The van der Waals surface area contributed by atoms with E-state index in [9.17, 15) is 12.3 Å². The first-order chi connectivity index (χ1) is 12.4. The van der Waals surface area contributed by atoms with Crippen molar-refractivity contribution in [3.63, 3.8) is 0 Å². The van der Waals surface area contributed by atoms with Crippen molar-refractivity contribution in [2.24, 2.45) is 0 Å². The van der Waals surface area contributed by atoms with Crippen molar-refractivity contribution in [1.82, 2.24) is 10.2 Å². The third kappa shape index (κ3) is 4.22. The van der Waals surface area contributed by atoms with E-state index < -0.39 is 28.5 Å². The van der Waals surface area contributed by atoms with Gasteiger partial charge in [-0.05, 0) is 57.3 Å². The molecule has 9 heteroatoms. The van der Waals surface area contributed by atoms with Crippen LogP contribution in [0.2, 0.25) is 0 Å². The molecule has 2 aliphatic rings. The summed E-state index contributed by atoms with van der Waals surface area (Å²) >= 11 is 0. The normalized spacial score (nSPS) is 23.0. The van der Waals surface area contributed by atoms with Crippen LogP contribution in [0.1, 0.15) is 38.8 Å². The average molecular weight is 398 g/mol. The van der Waals surface area contributed by atoms with E-state index in [1.807, 2.05) is 33.8 Å². The number of hydrogen-bond donors (Lipinski definition) is 1. The Hall–Kier alpha value is -0.995. The second-order valence-corrected chi connectivity index (χ2v) is 9.68. The smallest absolute Gasteiger partial charge is 0.399 e. The van der Waals surface area contributed by atoms with E-state index in [4.69, 9.17) is 9.31 Å². The van der Waals surface area contributed by atoms with Crippen molar-refractivity contribution < 1.29 is 21.6 Å². The number of nitrogens with one attached hydrogen (secondary N) is 1. The summed E-state index contributed by atoms with van der Waals surface area (Å²) in [5.74, 6) is 0. The molecule has 0 aliphatic carbocycles. The Labute approximate surface area is 161 Å². The minimum atomic E-state index is -4.85. The molecule has 150 valence electrons. The molecule has 0 unspecified atom stereocenters. The fourth-order valence-electron chi connectivity index (χ4n) is 3.46. The van der Waals surface area contributed by atoms with E-state index in [-0.39, 0.29) is 4.90 Å². The van der Waals surface area contributed by atoms with Gasteiger partial charge in [0.2, 0.25) is 0 Å². The molecule has 2 aliphatic heterocycles. The number of nitrogens with zero attached hydrogens (tertiary/aromatic N) is 1. The Morgan fingerprint density at radius 1 is 1.15 bits per heavy atom. The van der Waals surface area contributed by atoms with Crippen molar-refractivity contribution >= 4 is 22.8 Å². The van der Waals surface area contributed by atoms with Crippen molar-refractivity contribution in [2.45, 2.75) is 57.3 Å². The van der Waals surface area contributed by atoms with E-state index in [2.05, 4.69) is 10.2 Å². The number of benzene rings is 1. The maximum atomic E-state index is 14.0. The van der Waals surface area contributed by atoms with Gasteiger partial charge in [-0.25, -0.2) is 0 Å². The Kier molecular flexibility index (Phi) is 5.46. The number of rotatable bonds is 4. The van der Waals surface area contributed by atoms with E-state index in [0.29, 0.717) is 17.6 Å². The number of hydrogen-bond acceptors (Lipinski definition) is 6. The summed E-state index contributed by atoms with van der Waals surface area (Å²) in [6.07, 6.45) is 0. The van der Waals surface area contributed by atoms with Crippen LogP contribution in [0.4, 0.5) is 3.89 Å². The SMILES string of the molecule is Cc1c(B2OC(C)(C)C(C)(C)O2)cc(CN2CCNCC2)cc1S(=O)(=O)F. The van der Waals surface area contributed by atoms with Crippen LogP contribution in [0.3, 0.4) is 0 Å². The van der Waals surface area contributed by atoms with Crippen LogP contribution in [-0.2, 0) is 26.1 Å². The standard InChI is InChI=1S/C18H28BFN2O4S/c1-13-15(19-25-17(2,3)18(4,5)26-19)10-14(11-16(13)27(20,23)24)12-22-8-6-21-7-9-22/h10-11,21H,6-9,12H2,1-5H3. The highest BCUT2D eigenvalue weighted by Gasteiger charge is 2.52.